The Hall–Kier alpha value is -1.37. The van der Waals surface area contributed by atoms with Crippen LogP contribution in [0.5, 0.6) is 0 Å². The Morgan fingerprint density at radius 2 is 1.75 bits per heavy atom. The maximum Gasteiger partial charge on any atom is 0.435 e. The minimum atomic E-state index is -4.43. The molecule has 2 fully saturated rings. The van der Waals surface area contributed by atoms with Crippen LogP contribution in [0, 0.1) is 5.92 Å². The SMILES string of the molecule is CN(c1ccc(C(F)(F)F)nn1)C1CCN(CC2CCCC2)CC1. The summed E-state index contributed by atoms with van der Waals surface area (Å²) >= 11 is 0. The molecular weight excluding hydrogens is 317 g/mol. The van der Waals surface area contributed by atoms with Crippen molar-refractivity contribution in [2.45, 2.75) is 50.7 Å². The van der Waals surface area contributed by atoms with Crippen LogP contribution in [0.3, 0.4) is 0 Å². The van der Waals surface area contributed by atoms with Gasteiger partial charge in [0, 0.05) is 32.7 Å². The molecule has 1 aromatic heterocycles. The Bertz CT molecular complexity index is 518. The van der Waals surface area contributed by atoms with E-state index in [1.807, 2.05) is 11.9 Å². The van der Waals surface area contributed by atoms with Gasteiger partial charge < -0.3 is 9.80 Å². The molecule has 1 saturated carbocycles. The van der Waals surface area contributed by atoms with Crippen molar-refractivity contribution in [1.29, 1.82) is 0 Å². The van der Waals surface area contributed by atoms with Gasteiger partial charge in [-0.25, -0.2) is 0 Å². The average molecular weight is 342 g/mol. The normalized spacial score (nSPS) is 21.3. The summed E-state index contributed by atoms with van der Waals surface area (Å²) in [7, 11) is 1.90. The van der Waals surface area contributed by atoms with Crippen molar-refractivity contribution in [3.05, 3.63) is 17.8 Å². The Labute approximate surface area is 141 Å². The fourth-order valence-electron chi connectivity index (χ4n) is 3.90. The van der Waals surface area contributed by atoms with E-state index in [0.717, 1.165) is 37.9 Å². The highest BCUT2D eigenvalue weighted by Gasteiger charge is 2.33. The molecule has 0 unspecified atom stereocenters. The zero-order chi connectivity index (χ0) is 17.2. The Kier molecular flexibility index (Phi) is 5.27. The second-order valence-corrected chi connectivity index (χ2v) is 7.07. The summed E-state index contributed by atoms with van der Waals surface area (Å²) in [4.78, 5) is 4.51. The fraction of sp³-hybridized carbons (Fsp3) is 0.765. The van der Waals surface area contributed by atoms with E-state index in [2.05, 4.69) is 15.1 Å². The summed E-state index contributed by atoms with van der Waals surface area (Å²) < 4.78 is 37.7. The van der Waals surface area contributed by atoms with Crippen molar-refractivity contribution in [3.8, 4) is 0 Å². The number of rotatable bonds is 4. The molecule has 0 N–H and O–H groups in total. The van der Waals surface area contributed by atoms with Crippen molar-refractivity contribution >= 4 is 5.82 Å². The smallest absolute Gasteiger partial charge is 0.355 e. The lowest BCUT2D eigenvalue weighted by Crippen LogP contribution is -2.45. The Morgan fingerprint density at radius 3 is 2.29 bits per heavy atom. The van der Waals surface area contributed by atoms with Crippen molar-refractivity contribution in [2.75, 3.05) is 31.6 Å². The first kappa shape index (κ1) is 17.5. The lowest BCUT2D eigenvalue weighted by molar-refractivity contribution is -0.141. The summed E-state index contributed by atoms with van der Waals surface area (Å²) in [6.07, 6.45) is 3.07. The monoisotopic (exact) mass is 342 g/mol. The highest BCUT2D eigenvalue weighted by Crippen LogP contribution is 2.29. The number of halogens is 3. The van der Waals surface area contributed by atoms with E-state index < -0.39 is 11.9 Å². The van der Waals surface area contributed by atoms with Crippen molar-refractivity contribution in [3.63, 3.8) is 0 Å². The molecule has 134 valence electrons. The molecule has 0 atom stereocenters. The molecule has 2 aliphatic rings. The topological polar surface area (TPSA) is 32.3 Å². The molecular formula is C17H25F3N4. The van der Waals surface area contributed by atoms with Gasteiger partial charge in [0.15, 0.2) is 11.5 Å². The second-order valence-electron chi connectivity index (χ2n) is 7.07. The summed E-state index contributed by atoms with van der Waals surface area (Å²) in [5, 5.41) is 7.09. The predicted molar refractivity (Wildman–Crippen MR) is 86.9 cm³/mol. The van der Waals surface area contributed by atoms with Crippen LogP contribution in [0.1, 0.15) is 44.2 Å². The minimum absolute atomic E-state index is 0.316. The van der Waals surface area contributed by atoms with Crippen LogP contribution in [-0.2, 0) is 6.18 Å². The van der Waals surface area contributed by atoms with Gasteiger partial charge in [0.2, 0.25) is 0 Å². The van der Waals surface area contributed by atoms with E-state index in [0.29, 0.717) is 11.9 Å². The quantitative estimate of drug-likeness (QED) is 0.837. The van der Waals surface area contributed by atoms with Crippen molar-refractivity contribution in [1.82, 2.24) is 15.1 Å². The zero-order valence-corrected chi connectivity index (χ0v) is 14.1. The molecule has 1 aliphatic heterocycles. The third kappa shape index (κ3) is 4.18. The number of nitrogens with zero attached hydrogens (tertiary/aromatic N) is 4. The molecule has 3 rings (SSSR count). The average Bonchev–Trinajstić information content (AvgIpc) is 3.07. The lowest BCUT2D eigenvalue weighted by Gasteiger charge is -2.38. The van der Waals surface area contributed by atoms with Crippen LogP contribution in [0.25, 0.3) is 0 Å². The van der Waals surface area contributed by atoms with E-state index in [-0.39, 0.29) is 0 Å². The molecule has 4 nitrogen and oxygen atoms in total. The first-order chi connectivity index (χ1) is 11.4. The number of piperidine rings is 1. The maximum atomic E-state index is 12.6. The van der Waals surface area contributed by atoms with Gasteiger partial charge >= 0.3 is 6.18 Å². The lowest BCUT2D eigenvalue weighted by atomic mass is 10.0. The summed E-state index contributed by atoms with van der Waals surface area (Å²) in [6, 6.07) is 2.74. The minimum Gasteiger partial charge on any atom is -0.355 e. The number of anilines is 1. The number of likely N-dealkylation sites (tertiary alicyclic amines) is 1. The zero-order valence-electron chi connectivity index (χ0n) is 14.1. The largest absolute Gasteiger partial charge is 0.435 e. The van der Waals surface area contributed by atoms with Crippen LogP contribution >= 0.6 is 0 Å². The summed E-state index contributed by atoms with van der Waals surface area (Å²) in [6.45, 7) is 3.32. The maximum absolute atomic E-state index is 12.6. The second kappa shape index (κ2) is 7.25. The standard InChI is InChI=1S/C17H25F3N4/c1-23(16-7-6-15(21-22-16)17(18,19)20)14-8-10-24(11-9-14)12-13-4-2-3-5-13/h6-7,13-14H,2-5,8-12H2,1H3. The van der Waals surface area contributed by atoms with Crippen LogP contribution in [0.4, 0.5) is 19.0 Å². The van der Waals surface area contributed by atoms with Gasteiger partial charge in [-0.1, -0.05) is 12.8 Å². The third-order valence-corrected chi connectivity index (χ3v) is 5.40. The van der Waals surface area contributed by atoms with Gasteiger partial charge in [-0.05, 0) is 43.7 Å². The molecule has 1 aliphatic carbocycles. The number of hydrogen-bond donors (Lipinski definition) is 0. The highest BCUT2D eigenvalue weighted by molar-refractivity contribution is 5.38. The number of hydrogen-bond acceptors (Lipinski definition) is 4. The number of alkyl halides is 3. The molecule has 24 heavy (non-hydrogen) atoms. The molecule has 0 radical (unpaired) electrons. The van der Waals surface area contributed by atoms with Crippen LogP contribution in [0.15, 0.2) is 12.1 Å². The fourth-order valence-corrected chi connectivity index (χ4v) is 3.90. The summed E-state index contributed by atoms with van der Waals surface area (Å²) in [5.74, 6) is 1.37. The Balaban J connectivity index is 1.52. The van der Waals surface area contributed by atoms with Crippen LogP contribution in [0.2, 0.25) is 0 Å². The molecule has 1 aromatic rings. The van der Waals surface area contributed by atoms with Crippen molar-refractivity contribution < 1.29 is 13.2 Å². The molecule has 0 bridgehead atoms. The van der Waals surface area contributed by atoms with Crippen molar-refractivity contribution in [2.24, 2.45) is 5.92 Å². The Morgan fingerprint density at radius 1 is 1.08 bits per heavy atom. The molecule has 7 heteroatoms. The van der Waals surface area contributed by atoms with Gasteiger partial charge in [0.25, 0.3) is 0 Å². The highest BCUT2D eigenvalue weighted by atomic mass is 19.4. The first-order valence-electron chi connectivity index (χ1n) is 8.79. The van der Waals surface area contributed by atoms with E-state index in [1.165, 1.54) is 38.3 Å². The summed E-state index contributed by atoms with van der Waals surface area (Å²) in [5.41, 5.74) is -0.939. The van der Waals surface area contributed by atoms with Crippen LogP contribution < -0.4 is 4.90 Å². The van der Waals surface area contributed by atoms with Gasteiger partial charge in [-0.15, -0.1) is 10.2 Å². The van der Waals surface area contributed by atoms with Gasteiger partial charge in [-0.2, -0.15) is 13.2 Å². The van der Waals surface area contributed by atoms with E-state index in [9.17, 15) is 13.2 Å². The number of aromatic nitrogens is 2. The van der Waals surface area contributed by atoms with E-state index in [1.54, 1.807) is 0 Å². The first-order valence-corrected chi connectivity index (χ1v) is 8.79. The molecule has 1 saturated heterocycles. The third-order valence-electron chi connectivity index (χ3n) is 5.40. The van der Waals surface area contributed by atoms with E-state index in [4.69, 9.17) is 0 Å². The molecule has 0 spiro atoms. The van der Waals surface area contributed by atoms with E-state index >= 15 is 0 Å². The van der Waals surface area contributed by atoms with Gasteiger partial charge in [0.1, 0.15) is 0 Å². The van der Waals surface area contributed by atoms with Gasteiger partial charge in [0.05, 0.1) is 0 Å². The van der Waals surface area contributed by atoms with Crippen LogP contribution in [-0.4, -0.2) is 47.8 Å². The molecule has 0 aromatic carbocycles. The molecule has 0 amide bonds. The predicted octanol–water partition coefficient (Wildman–Crippen LogP) is 3.59. The van der Waals surface area contributed by atoms with Gasteiger partial charge in [-0.3, -0.25) is 0 Å². The molecule has 2 heterocycles.